The predicted molar refractivity (Wildman–Crippen MR) is 57.1 cm³/mol. The van der Waals surface area contributed by atoms with Crippen LogP contribution in [0.4, 0.5) is 0 Å². The van der Waals surface area contributed by atoms with Crippen LogP contribution in [0.1, 0.15) is 12.1 Å². The van der Waals surface area contributed by atoms with Crippen LogP contribution in [-0.2, 0) is 18.9 Å². The highest BCUT2D eigenvalue weighted by molar-refractivity contribution is 4.99. The minimum atomic E-state index is -0.500. The maximum atomic E-state index is 5.48. The minimum absolute atomic E-state index is 0.453. The van der Waals surface area contributed by atoms with Crippen molar-refractivity contribution in [3.05, 3.63) is 24.2 Å². The largest absolute Gasteiger partial charge is 0.464 e. The molecule has 1 aromatic heterocycles. The molecule has 0 saturated heterocycles. The third kappa shape index (κ3) is 4.76. The fourth-order valence-electron chi connectivity index (χ4n) is 1.11. The molecule has 1 rings (SSSR count). The van der Waals surface area contributed by atoms with Gasteiger partial charge in [-0.25, -0.2) is 0 Å². The van der Waals surface area contributed by atoms with Crippen molar-refractivity contribution in [2.75, 3.05) is 40.6 Å². The highest BCUT2D eigenvalue weighted by Gasteiger charge is 2.15. The van der Waals surface area contributed by atoms with E-state index in [2.05, 4.69) is 0 Å². The van der Waals surface area contributed by atoms with Crippen LogP contribution in [-0.4, -0.2) is 40.6 Å². The van der Waals surface area contributed by atoms with Gasteiger partial charge in [-0.05, 0) is 12.1 Å². The third-order valence-electron chi connectivity index (χ3n) is 1.89. The summed E-state index contributed by atoms with van der Waals surface area (Å²) in [4.78, 5) is 0. The Balaban J connectivity index is 2.36. The summed E-state index contributed by atoms with van der Waals surface area (Å²) in [5.41, 5.74) is 0. The van der Waals surface area contributed by atoms with Crippen LogP contribution in [0.25, 0.3) is 0 Å². The lowest BCUT2D eigenvalue weighted by Gasteiger charge is -2.16. The van der Waals surface area contributed by atoms with E-state index in [9.17, 15) is 0 Å². The number of ether oxygens (including phenoxy) is 4. The van der Waals surface area contributed by atoms with Gasteiger partial charge in [-0.2, -0.15) is 0 Å². The average molecular weight is 230 g/mol. The molecule has 1 heterocycles. The fourth-order valence-corrected chi connectivity index (χ4v) is 1.11. The topological polar surface area (TPSA) is 50.1 Å². The fraction of sp³-hybridized carbons (Fsp3) is 0.636. The molecule has 5 heteroatoms. The van der Waals surface area contributed by atoms with Gasteiger partial charge in [0.2, 0.25) is 6.29 Å². The van der Waals surface area contributed by atoms with Gasteiger partial charge in [-0.15, -0.1) is 0 Å². The second kappa shape index (κ2) is 8.29. The van der Waals surface area contributed by atoms with Crippen molar-refractivity contribution < 1.29 is 23.4 Å². The monoisotopic (exact) mass is 230 g/mol. The molecule has 0 aliphatic rings. The Morgan fingerprint density at radius 2 is 1.69 bits per heavy atom. The molecule has 1 aromatic rings. The average Bonchev–Trinajstić information content (AvgIpc) is 2.81. The summed E-state index contributed by atoms with van der Waals surface area (Å²) >= 11 is 0. The molecule has 0 radical (unpaired) electrons. The zero-order valence-corrected chi connectivity index (χ0v) is 9.68. The molecular weight excluding hydrogens is 212 g/mol. The summed E-state index contributed by atoms with van der Waals surface area (Å²) in [6, 6.07) is 3.60. The van der Waals surface area contributed by atoms with Crippen molar-refractivity contribution >= 4 is 0 Å². The van der Waals surface area contributed by atoms with Gasteiger partial charge in [0.1, 0.15) is 0 Å². The van der Waals surface area contributed by atoms with E-state index in [0.29, 0.717) is 32.2 Å². The molecule has 0 atom stereocenters. The molecule has 0 spiro atoms. The highest BCUT2D eigenvalue weighted by atomic mass is 16.7. The lowest BCUT2D eigenvalue weighted by molar-refractivity contribution is -0.168. The molecule has 0 N–H and O–H groups in total. The summed E-state index contributed by atoms with van der Waals surface area (Å²) < 4.78 is 26.0. The smallest absolute Gasteiger partial charge is 0.217 e. The van der Waals surface area contributed by atoms with Crippen LogP contribution in [0.5, 0.6) is 0 Å². The molecule has 0 aliphatic heterocycles. The number of hydrogen-bond donors (Lipinski definition) is 0. The van der Waals surface area contributed by atoms with Crippen molar-refractivity contribution in [3.63, 3.8) is 0 Å². The van der Waals surface area contributed by atoms with Crippen LogP contribution >= 0.6 is 0 Å². The molecule has 0 bridgehead atoms. The van der Waals surface area contributed by atoms with Gasteiger partial charge in [0.25, 0.3) is 0 Å². The lowest BCUT2D eigenvalue weighted by atomic mass is 10.4. The van der Waals surface area contributed by atoms with E-state index in [1.165, 1.54) is 0 Å². The SMILES string of the molecule is COCCOC(OCCOC)c1ccco1. The standard InChI is InChI=1S/C11H18O5/c1-12-6-8-15-11(16-9-7-13-2)10-4-3-5-14-10/h3-5,11H,6-9H2,1-2H3. The zero-order chi connectivity index (χ0) is 11.6. The van der Waals surface area contributed by atoms with Crippen LogP contribution < -0.4 is 0 Å². The van der Waals surface area contributed by atoms with E-state index in [-0.39, 0.29) is 0 Å². The van der Waals surface area contributed by atoms with Gasteiger partial charge in [-0.1, -0.05) is 0 Å². The van der Waals surface area contributed by atoms with Crippen molar-refractivity contribution in [3.8, 4) is 0 Å². The zero-order valence-electron chi connectivity index (χ0n) is 9.68. The first kappa shape index (κ1) is 13.2. The van der Waals surface area contributed by atoms with E-state index in [0.717, 1.165) is 0 Å². The van der Waals surface area contributed by atoms with Gasteiger partial charge in [0, 0.05) is 14.2 Å². The molecule has 0 unspecified atom stereocenters. The molecule has 0 saturated carbocycles. The maximum Gasteiger partial charge on any atom is 0.217 e. The summed E-state index contributed by atoms with van der Waals surface area (Å²) in [6.45, 7) is 1.94. The number of furan rings is 1. The normalized spacial score (nSPS) is 11.2. The Morgan fingerprint density at radius 3 is 2.12 bits per heavy atom. The second-order valence-electron chi connectivity index (χ2n) is 3.07. The first-order chi connectivity index (χ1) is 7.88. The van der Waals surface area contributed by atoms with E-state index in [1.54, 1.807) is 26.5 Å². The molecule has 0 amide bonds. The van der Waals surface area contributed by atoms with Gasteiger partial charge < -0.3 is 23.4 Å². The molecule has 0 aliphatic carbocycles. The second-order valence-corrected chi connectivity index (χ2v) is 3.07. The summed E-state index contributed by atoms with van der Waals surface area (Å²) in [5, 5.41) is 0. The Labute approximate surface area is 95.2 Å². The van der Waals surface area contributed by atoms with E-state index >= 15 is 0 Å². The van der Waals surface area contributed by atoms with Gasteiger partial charge in [-0.3, -0.25) is 0 Å². The molecular formula is C11H18O5. The summed E-state index contributed by atoms with van der Waals surface area (Å²) in [7, 11) is 3.24. The Bertz CT molecular complexity index is 237. The van der Waals surface area contributed by atoms with Crippen LogP contribution in [0.15, 0.2) is 22.8 Å². The van der Waals surface area contributed by atoms with Gasteiger partial charge in [0.15, 0.2) is 5.76 Å². The summed E-state index contributed by atoms with van der Waals surface area (Å²) in [6.07, 6.45) is 1.09. The molecule has 0 aromatic carbocycles. The number of hydrogen-bond acceptors (Lipinski definition) is 5. The van der Waals surface area contributed by atoms with Crippen LogP contribution in [0.3, 0.4) is 0 Å². The van der Waals surface area contributed by atoms with Crippen molar-refractivity contribution in [1.82, 2.24) is 0 Å². The van der Waals surface area contributed by atoms with E-state index in [4.69, 9.17) is 23.4 Å². The highest BCUT2D eigenvalue weighted by Crippen LogP contribution is 2.18. The molecule has 5 nitrogen and oxygen atoms in total. The Kier molecular flexibility index (Phi) is 6.83. The maximum absolute atomic E-state index is 5.48. The Morgan fingerprint density at radius 1 is 1.06 bits per heavy atom. The molecule has 92 valence electrons. The van der Waals surface area contributed by atoms with Crippen molar-refractivity contribution in [1.29, 1.82) is 0 Å². The number of methoxy groups -OCH3 is 2. The van der Waals surface area contributed by atoms with Crippen molar-refractivity contribution in [2.45, 2.75) is 6.29 Å². The first-order valence-corrected chi connectivity index (χ1v) is 5.13. The first-order valence-electron chi connectivity index (χ1n) is 5.13. The van der Waals surface area contributed by atoms with Crippen LogP contribution in [0, 0.1) is 0 Å². The molecule has 16 heavy (non-hydrogen) atoms. The van der Waals surface area contributed by atoms with Crippen molar-refractivity contribution in [2.24, 2.45) is 0 Å². The third-order valence-corrected chi connectivity index (χ3v) is 1.89. The van der Waals surface area contributed by atoms with E-state index < -0.39 is 6.29 Å². The lowest BCUT2D eigenvalue weighted by Crippen LogP contribution is -2.14. The molecule has 0 fully saturated rings. The predicted octanol–water partition coefficient (Wildman–Crippen LogP) is 1.60. The van der Waals surface area contributed by atoms with Crippen LogP contribution in [0.2, 0.25) is 0 Å². The Hall–Kier alpha value is -0.880. The summed E-state index contributed by atoms with van der Waals surface area (Å²) in [5.74, 6) is 0.646. The van der Waals surface area contributed by atoms with Gasteiger partial charge in [0.05, 0.1) is 32.7 Å². The van der Waals surface area contributed by atoms with E-state index in [1.807, 2.05) is 6.07 Å². The number of rotatable bonds is 9. The van der Waals surface area contributed by atoms with Gasteiger partial charge >= 0.3 is 0 Å². The minimum Gasteiger partial charge on any atom is -0.464 e. The quantitative estimate of drug-likeness (QED) is 0.476.